The molecule has 23 heavy (non-hydrogen) atoms. The molecule has 1 aliphatic carbocycles. The van der Waals surface area contributed by atoms with Crippen LogP contribution in [0.5, 0.6) is 0 Å². The smallest absolute Gasteiger partial charge is 0.226 e. The highest BCUT2D eigenvalue weighted by molar-refractivity contribution is 8.01. The minimum Gasteiger partial charge on any atom is -0.363 e. The lowest BCUT2D eigenvalue weighted by atomic mass is 10.2. The van der Waals surface area contributed by atoms with Crippen molar-refractivity contribution in [1.82, 2.24) is 20.0 Å². The first-order chi connectivity index (χ1) is 11.3. The highest BCUT2D eigenvalue weighted by atomic mass is 32.2. The molecule has 3 rings (SSSR count). The molecule has 2 heterocycles. The molecule has 0 atom stereocenters. The van der Waals surface area contributed by atoms with Crippen molar-refractivity contribution in [1.29, 1.82) is 0 Å². The minimum atomic E-state index is 0.00982. The molecule has 1 amide bonds. The summed E-state index contributed by atoms with van der Waals surface area (Å²) in [6.07, 6.45) is 6.96. The summed E-state index contributed by atoms with van der Waals surface area (Å²) in [7, 11) is 1.82. The van der Waals surface area contributed by atoms with Crippen LogP contribution in [0.2, 0.25) is 0 Å². The first-order valence-corrected chi connectivity index (χ1v) is 9.54. The lowest BCUT2D eigenvalue weighted by molar-refractivity contribution is -0.115. The summed E-state index contributed by atoms with van der Waals surface area (Å²) < 4.78 is 2.83. The Morgan fingerprint density at radius 1 is 1.43 bits per heavy atom. The van der Waals surface area contributed by atoms with Gasteiger partial charge in [0.05, 0.1) is 12.2 Å². The third-order valence-corrected chi connectivity index (χ3v) is 5.86. The van der Waals surface area contributed by atoms with E-state index < -0.39 is 0 Å². The zero-order valence-electron chi connectivity index (χ0n) is 13.0. The summed E-state index contributed by atoms with van der Waals surface area (Å²) in [6.45, 7) is 0. The van der Waals surface area contributed by atoms with Crippen molar-refractivity contribution >= 4 is 40.0 Å². The fourth-order valence-electron chi connectivity index (χ4n) is 2.66. The number of thioether (sulfide) groups is 1. The van der Waals surface area contributed by atoms with E-state index in [0.29, 0.717) is 18.2 Å². The predicted octanol–water partition coefficient (Wildman–Crippen LogP) is 3.01. The van der Waals surface area contributed by atoms with E-state index in [1.807, 2.05) is 17.8 Å². The van der Waals surface area contributed by atoms with Crippen molar-refractivity contribution in [3.63, 3.8) is 0 Å². The van der Waals surface area contributed by atoms with Gasteiger partial charge in [-0.3, -0.25) is 4.79 Å². The molecule has 1 aliphatic rings. The van der Waals surface area contributed by atoms with Crippen LogP contribution in [-0.2, 0) is 4.79 Å². The average molecular weight is 352 g/mol. The van der Waals surface area contributed by atoms with Crippen LogP contribution in [0, 0.1) is 0 Å². The Morgan fingerprint density at radius 2 is 2.26 bits per heavy atom. The third-order valence-electron chi connectivity index (χ3n) is 3.78. The normalized spacial score (nSPS) is 15.0. The number of hydrogen-bond acceptors (Lipinski definition) is 7. The van der Waals surface area contributed by atoms with Crippen molar-refractivity contribution in [2.75, 3.05) is 23.4 Å². The zero-order chi connectivity index (χ0) is 16.1. The Kier molecular flexibility index (Phi) is 5.50. The fourth-order valence-corrected chi connectivity index (χ4v) is 4.37. The van der Waals surface area contributed by atoms with Gasteiger partial charge in [0.1, 0.15) is 5.82 Å². The first kappa shape index (κ1) is 16.3. The van der Waals surface area contributed by atoms with Gasteiger partial charge in [-0.2, -0.15) is 5.10 Å². The molecule has 0 aliphatic heterocycles. The van der Waals surface area contributed by atoms with Gasteiger partial charge in [-0.25, -0.2) is 4.68 Å². The Balaban J connectivity index is 1.47. The Labute approximate surface area is 143 Å². The number of nitrogens with zero attached hydrogens (tertiary/aromatic N) is 4. The molecule has 1 saturated carbocycles. The van der Waals surface area contributed by atoms with Crippen molar-refractivity contribution in [2.45, 2.75) is 42.5 Å². The lowest BCUT2D eigenvalue weighted by Crippen LogP contribution is -2.17. The first-order valence-electron chi connectivity index (χ1n) is 7.73. The van der Waals surface area contributed by atoms with Gasteiger partial charge >= 0.3 is 0 Å². The molecule has 0 aromatic carbocycles. The van der Waals surface area contributed by atoms with Crippen molar-refractivity contribution in [3.8, 4) is 0 Å². The number of carbonyl (C=O) groups is 1. The van der Waals surface area contributed by atoms with E-state index in [9.17, 15) is 4.79 Å². The molecule has 2 aromatic rings. The summed E-state index contributed by atoms with van der Waals surface area (Å²) in [6, 6.07) is 2.30. The second-order valence-electron chi connectivity index (χ2n) is 5.37. The van der Waals surface area contributed by atoms with Crippen LogP contribution in [0.4, 0.5) is 10.9 Å². The van der Waals surface area contributed by atoms with Crippen LogP contribution in [-0.4, -0.2) is 38.7 Å². The van der Waals surface area contributed by atoms with Crippen molar-refractivity contribution < 1.29 is 4.79 Å². The highest BCUT2D eigenvalue weighted by Crippen LogP contribution is 2.31. The second kappa shape index (κ2) is 7.78. The maximum absolute atomic E-state index is 12.1. The predicted molar refractivity (Wildman–Crippen MR) is 93.2 cm³/mol. The maximum atomic E-state index is 12.1. The van der Waals surface area contributed by atoms with E-state index in [-0.39, 0.29) is 5.91 Å². The second-order valence-corrected chi connectivity index (χ2v) is 7.69. The van der Waals surface area contributed by atoms with E-state index in [2.05, 4.69) is 25.9 Å². The lowest BCUT2D eigenvalue weighted by Gasteiger charge is -2.14. The van der Waals surface area contributed by atoms with Crippen LogP contribution >= 0.6 is 23.1 Å². The number of carbonyl (C=O) groups excluding carboxylic acids is 1. The summed E-state index contributed by atoms with van der Waals surface area (Å²) in [5, 5.41) is 19.1. The van der Waals surface area contributed by atoms with E-state index >= 15 is 0 Å². The van der Waals surface area contributed by atoms with Gasteiger partial charge in [0, 0.05) is 25.3 Å². The summed E-state index contributed by atoms with van der Waals surface area (Å²) in [4.78, 5) is 12.1. The largest absolute Gasteiger partial charge is 0.363 e. The van der Waals surface area contributed by atoms with Crippen molar-refractivity contribution in [3.05, 3.63) is 12.3 Å². The monoisotopic (exact) mass is 352 g/mol. The average Bonchev–Trinajstić information content (AvgIpc) is 3.28. The Morgan fingerprint density at radius 3 is 3.00 bits per heavy atom. The number of amides is 1. The van der Waals surface area contributed by atoms with E-state index in [4.69, 9.17) is 0 Å². The minimum absolute atomic E-state index is 0.00982. The SMILES string of the molecule is CNc1nnc(SCCC(=O)Nc2ccnn2C2CCCC2)s1. The molecule has 7 nitrogen and oxygen atoms in total. The quantitative estimate of drug-likeness (QED) is 0.745. The van der Waals surface area contributed by atoms with Gasteiger partial charge in [-0.1, -0.05) is 35.9 Å². The number of anilines is 2. The van der Waals surface area contributed by atoms with Crippen LogP contribution in [0.3, 0.4) is 0 Å². The van der Waals surface area contributed by atoms with Gasteiger partial charge in [0.15, 0.2) is 4.34 Å². The van der Waals surface area contributed by atoms with Gasteiger partial charge in [-0.05, 0) is 12.8 Å². The molecular weight excluding hydrogens is 332 g/mol. The van der Waals surface area contributed by atoms with E-state index in [1.165, 1.54) is 24.2 Å². The third kappa shape index (κ3) is 4.23. The molecule has 0 radical (unpaired) electrons. The summed E-state index contributed by atoms with van der Waals surface area (Å²) in [5.41, 5.74) is 0. The molecule has 0 unspecified atom stereocenters. The molecule has 0 bridgehead atoms. The van der Waals surface area contributed by atoms with Gasteiger partial charge in [0.25, 0.3) is 0 Å². The van der Waals surface area contributed by atoms with Crippen LogP contribution in [0.1, 0.15) is 38.1 Å². The maximum Gasteiger partial charge on any atom is 0.226 e. The standard InChI is InChI=1S/C14H20N6OS2/c1-15-13-18-19-14(23-13)22-9-7-12(21)17-11-6-8-16-20(11)10-4-2-3-5-10/h6,8,10H,2-5,7,9H2,1H3,(H,15,18)(H,17,21). The molecule has 0 saturated heterocycles. The Hall–Kier alpha value is -1.61. The number of hydrogen-bond donors (Lipinski definition) is 2. The number of aromatic nitrogens is 4. The number of rotatable bonds is 7. The molecule has 9 heteroatoms. The molecule has 2 aromatic heterocycles. The summed E-state index contributed by atoms with van der Waals surface area (Å²) in [5.74, 6) is 1.50. The molecule has 124 valence electrons. The Bertz CT molecular complexity index is 649. The van der Waals surface area contributed by atoms with E-state index in [0.717, 1.165) is 28.1 Å². The van der Waals surface area contributed by atoms with Gasteiger partial charge in [-0.15, -0.1) is 10.2 Å². The molecular formula is C14H20N6OS2. The van der Waals surface area contributed by atoms with Gasteiger partial charge < -0.3 is 10.6 Å². The number of nitrogens with one attached hydrogen (secondary N) is 2. The van der Waals surface area contributed by atoms with Crippen LogP contribution < -0.4 is 10.6 Å². The topological polar surface area (TPSA) is 84.7 Å². The highest BCUT2D eigenvalue weighted by Gasteiger charge is 2.20. The fraction of sp³-hybridized carbons (Fsp3) is 0.571. The van der Waals surface area contributed by atoms with Crippen LogP contribution in [0.25, 0.3) is 0 Å². The zero-order valence-corrected chi connectivity index (χ0v) is 14.6. The van der Waals surface area contributed by atoms with Gasteiger partial charge in [0.2, 0.25) is 11.0 Å². The van der Waals surface area contributed by atoms with Crippen molar-refractivity contribution in [2.24, 2.45) is 0 Å². The molecule has 1 fully saturated rings. The molecule has 2 N–H and O–H groups in total. The van der Waals surface area contributed by atoms with Crippen LogP contribution in [0.15, 0.2) is 16.6 Å². The van der Waals surface area contributed by atoms with E-state index in [1.54, 1.807) is 18.0 Å². The molecule has 0 spiro atoms. The summed E-state index contributed by atoms with van der Waals surface area (Å²) >= 11 is 3.04.